The molecule has 0 amide bonds. The molecule has 1 N–H and O–H groups in total. The van der Waals surface area contributed by atoms with Crippen LogP contribution >= 0.6 is 0 Å². The van der Waals surface area contributed by atoms with Crippen molar-refractivity contribution in [2.24, 2.45) is 0 Å². The molecule has 0 saturated heterocycles. The van der Waals surface area contributed by atoms with E-state index in [1.54, 1.807) is 37.5 Å². The highest BCUT2D eigenvalue weighted by Gasteiger charge is 2.18. The molecule has 0 radical (unpaired) electrons. The van der Waals surface area contributed by atoms with Crippen molar-refractivity contribution < 1.29 is 8.42 Å². The third kappa shape index (κ3) is 2.67. The summed E-state index contributed by atoms with van der Waals surface area (Å²) in [4.78, 5) is 4.36. The topological polar surface area (TPSA) is 59.1 Å². The Balaban J connectivity index is 2.09. The Morgan fingerprint density at radius 2 is 1.86 bits per heavy atom. The quantitative estimate of drug-likeness (QED) is 0.803. The molecule has 0 spiro atoms. The van der Waals surface area contributed by atoms with Crippen LogP contribution in [0.15, 0.2) is 59.8 Å². The number of aryl methyl sites for hydroxylation is 2. The Kier molecular flexibility index (Phi) is 3.58. The number of nitrogens with one attached hydrogen (secondary N) is 1. The van der Waals surface area contributed by atoms with Crippen LogP contribution in [0.3, 0.4) is 0 Å². The normalized spacial score (nSPS) is 11.5. The summed E-state index contributed by atoms with van der Waals surface area (Å²) in [5.41, 5.74) is 2.19. The second kappa shape index (κ2) is 5.42. The summed E-state index contributed by atoms with van der Waals surface area (Å²) in [6.07, 6.45) is 3.36. The lowest BCUT2D eigenvalue weighted by Crippen LogP contribution is -2.14. The highest BCUT2D eigenvalue weighted by molar-refractivity contribution is 7.92. The molecule has 5 heteroatoms. The predicted octanol–water partition coefficient (Wildman–Crippen LogP) is 3.65. The van der Waals surface area contributed by atoms with Crippen molar-refractivity contribution in [1.29, 1.82) is 0 Å². The van der Waals surface area contributed by atoms with E-state index < -0.39 is 10.0 Å². The molecule has 2 aromatic carbocycles. The number of anilines is 1. The van der Waals surface area contributed by atoms with Gasteiger partial charge in [0.25, 0.3) is 10.0 Å². The molecule has 22 heavy (non-hydrogen) atoms. The molecule has 1 heterocycles. The van der Waals surface area contributed by atoms with Gasteiger partial charge in [-0.05, 0) is 43.2 Å². The SMILES string of the molecule is Cc1ccc(C)c(S(=O)(=O)Nc2cccc3cnccc23)c1. The standard InChI is InChI=1S/C17H16N2O2S/c1-12-6-7-13(2)17(10-12)22(20,21)19-16-5-3-4-14-11-18-9-8-15(14)16/h3-11,19H,1-2H3. The van der Waals surface area contributed by atoms with Gasteiger partial charge in [0, 0.05) is 23.2 Å². The van der Waals surface area contributed by atoms with E-state index in [0.29, 0.717) is 10.6 Å². The number of benzene rings is 2. The fourth-order valence-electron chi connectivity index (χ4n) is 2.41. The first-order valence-corrected chi connectivity index (χ1v) is 8.38. The van der Waals surface area contributed by atoms with Crippen molar-refractivity contribution >= 4 is 26.5 Å². The number of aromatic nitrogens is 1. The lowest BCUT2D eigenvalue weighted by atomic mass is 10.1. The second-order valence-electron chi connectivity index (χ2n) is 5.28. The van der Waals surface area contributed by atoms with Crippen molar-refractivity contribution in [3.05, 3.63) is 66.0 Å². The summed E-state index contributed by atoms with van der Waals surface area (Å²) < 4.78 is 28.1. The van der Waals surface area contributed by atoms with E-state index in [2.05, 4.69) is 9.71 Å². The molecule has 4 nitrogen and oxygen atoms in total. The van der Waals surface area contributed by atoms with Gasteiger partial charge in [-0.25, -0.2) is 8.42 Å². The van der Waals surface area contributed by atoms with Crippen LogP contribution in [0.25, 0.3) is 10.8 Å². The van der Waals surface area contributed by atoms with Crippen LogP contribution in [0, 0.1) is 13.8 Å². The first-order chi connectivity index (χ1) is 10.5. The van der Waals surface area contributed by atoms with Gasteiger partial charge in [0.1, 0.15) is 0 Å². The summed E-state index contributed by atoms with van der Waals surface area (Å²) in [6.45, 7) is 3.67. The van der Waals surface area contributed by atoms with Crippen LogP contribution in [0.2, 0.25) is 0 Å². The maximum absolute atomic E-state index is 12.7. The number of sulfonamides is 1. The lowest BCUT2D eigenvalue weighted by Gasteiger charge is -2.13. The smallest absolute Gasteiger partial charge is 0.262 e. The predicted molar refractivity (Wildman–Crippen MR) is 88.5 cm³/mol. The van der Waals surface area contributed by atoms with E-state index in [9.17, 15) is 8.42 Å². The van der Waals surface area contributed by atoms with Crippen LogP contribution in [0.4, 0.5) is 5.69 Å². The van der Waals surface area contributed by atoms with Crippen LogP contribution < -0.4 is 4.72 Å². The van der Waals surface area contributed by atoms with Gasteiger partial charge in [-0.3, -0.25) is 9.71 Å². The highest BCUT2D eigenvalue weighted by atomic mass is 32.2. The van der Waals surface area contributed by atoms with Crippen molar-refractivity contribution in [1.82, 2.24) is 4.98 Å². The minimum atomic E-state index is -3.63. The summed E-state index contributed by atoms with van der Waals surface area (Å²) in [5.74, 6) is 0. The zero-order chi connectivity index (χ0) is 15.7. The molecule has 0 saturated carbocycles. The molecule has 0 aliphatic carbocycles. The Labute approximate surface area is 129 Å². The summed E-state index contributed by atoms with van der Waals surface area (Å²) >= 11 is 0. The lowest BCUT2D eigenvalue weighted by molar-refractivity contribution is 0.600. The average molecular weight is 312 g/mol. The van der Waals surface area contributed by atoms with Crippen LogP contribution in [0.5, 0.6) is 0 Å². The number of fused-ring (bicyclic) bond motifs is 1. The van der Waals surface area contributed by atoms with Gasteiger partial charge in [-0.1, -0.05) is 24.3 Å². The van der Waals surface area contributed by atoms with Gasteiger partial charge in [0.15, 0.2) is 0 Å². The van der Waals surface area contributed by atoms with Gasteiger partial charge in [-0.15, -0.1) is 0 Å². The molecular weight excluding hydrogens is 296 g/mol. The number of hydrogen-bond donors (Lipinski definition) is 1. The third-order valence-corrected chi connectivity index (χ3v) is 5.07. The number of nitrogens with zero attached hydrogens (tertiary/aromatic N) is 1. The van der Waals surface area contributed by atoms with E-state index in [0.717, 1.165) is 21.9 Å². The van der Waals surface area contributed by atoms with Gasteiger partial charge < -0.3 is 0 Å². The first-order valence-electron chi connectivity index (χ1n) is 6.90. The van der Waals surface area contributed by atoms with Gasteiger partial charge in [0.2, 0.25) is 0 Å². The summed E-state index contributed by atoms with van der Waals surface area (Å²) in [5, 5.41) is 1.72. The van der Waals surface area contributed by atoms with Gasteiger partial charge in [0.05, 0.1) is 10.6 Å². The van der Waals surface area contributed by atoms with Crippen molar-refractivity contribution in [3.63, 3.8) is 0 Å². The minimum absolute atomic E-state index is 0.304. The Morgan fingerprint density at radius 3 is 2.68 bits per heavy atom. The molecule has 0 atom stereocenters. The molecule has 3 aromatic rings. The van der Waals surface area contributed by atoms with Crippen molar-refractivity contribution in [2.75, 3.05) is 4.72 Å². The second-order valence-corrected chi connectivity index (χ2v) is 6.93. The van der Waals surface area contributed by atoms with E-state index in [-0.39, 0.29) is 0 Å². The molecule has 112 valence electrons. The summed E-state index contributed by atoms with van der Waals surface area (Å²) in [7, 11) is -3.63. The van der Waals surface area contributed by atoms with E-state index in [1.807, 2.05) is 31.2 Å². The maximum Gasteiger partial charge on any atom is 0.262 e. The highest BCUT2D eigenvalue weighted by Crippen LogP contribution is 2.26. The Bertz CT molecular complexity index is 945. The first kappa shape index (κ1) is 14.5. The fraction of sp³-hybridized carbons (Fsp3) is 0.118. The molecular formula is C17H16N2O2S. The van der Waals surface area contributed by atoms with Gasteiger partial charge in [-0.2, -0.15) is 0 Å². The molecule has 0 aliphatic heterocycles. The summed E-state index contributed by atoms with van der Waals surface area (Å²) in [6, 6.07) is 12.7. The molecule has 0 fully saturated rings. The number of hydrogen-bond acceptors (Lipinski definition) is 3. The molecule has 1 aromatic heterocycles. The van der Waals surface area contributed by atoms with Crippen LogP contribution in [0.1, 0.15) is 11.1 Å². The van der Waals surface area contributed by atoms with E-state index >= 15 is 0 Å². The molecule has 3 rings (SSSR count). The minimum Gasteiger partial charge on any atom is -0.279 e. The van der Waals surface area contributed by atoms with E-state index in [1.165, 1.54) is 0 Å². The van der Waals surface area contributed by atoms with E-state index in [4.69, 9.17) is 0 Å². The average Bonchev–Trinajstić information content (AvgIpc) is 2.50. The maximum atomic E-state index is 12.7. The van der Waals surface area contributed by atoms with Crippen molar-refractivity contribution in [2.45, 2.75) is 18.7 Å². The monoisotopic (exact) mass is 312 g/mol. The fourth-order valence-corrected chi connectivity index (χ4v) is 3.82. The molecule has 0 unspecified atom stereocenters. The molecule has 0 bridgehead atoms. The molecule has 0 aliphatic rings. The largest absolute Gasteiger partial charge is 0.279 e. The zero-order valence-electron chi connectivity index (χ0n) is 12.4. The third-order valence-electron chi connectivity index (χ3n) is 3.56. The zero-order valence-corrected chi connectivity index (χ0v) is 13.2. The number of pyridine rings is 1. The van der Waals surface area contributed by atoms with Crippen LogP contribution in [-0.4, -0.2) is 13.4 Å². The Morgan fingerprint density at radius 1 is 1.05 bits per heavy atom. The van der Waals surface area contributed by atoms with Crippen molar-refractivity contribution in [3.8, 4) is 0 Å². The Hall–Kier alpha value is -2.40. The van der Waals surface area contributed by atoms with Crippen LogP contribution in [-0.2, 0) is 10.0 Å². The number of rotatable bonds is 3. The van der Waals surface area contributed by atoms with Gasteiger partial charge >= 0.3 is 0 Å².